The Morgan fingerprint density at radius 1 is 1.35 bits per heavy atom. The first kappa shape index (κ1) is 17.4. The number of ether oxygens (including phenoxy) is 1. The van der Waals surface area contributed by atoms with Crippen LogP contribution in [0.1, 0.15) is 38.5 Å². The van der Waals surface area contributed by atoms with Gasteiger partial charge in [0.25, 0.3) is 0 Å². The zero-order chi connectivity index (χ0) is 15.0. The fraction of sp³-hybridized carbons (Fsp3) is 0.933. The quantitative estimate of drug-likeness (QED) is 0.697. The summed E-state index contributed by atoms with van der Waals surface area (Å²) in [5.41, 5.74) is 5.54. The zero-order valence-corrected chi connectivity index (χ0v) is 13.2. The van der Waals surface area contributed by atoms with Crippen molar-refractivity contribution in [3.8, 4) is 0 Å². The van der Waals surface area contributed by atoms with Crippen LogP contribution in [0.25, 0.3) is 0 Å². The van der Waals surface area contributed by atoms with Crippen LogP contribution >= 0.6 is 0 Å². The largest absolute Gasteiger partial charge is 0.380 e. The third kappa shape index (κ3) is 5.77. The number of carbonyl (C=O) groups is 1. The van der Waals surface area contributed by atoms with Crippen LogP contribution in [0.15, 0.2) is 0 Å². The van der Waals surface area contributed by atoms with Crippen LogP contribution in [0.4, 0.5) is 0 Å². The molecule has 3 N–H and O–H groups in total. The molecule has 0 aromatic carbocycles. The maximum atomic E-state index is 11.9. The van der Waals surface area contributed by atoms with E-state index in [2.05, 4.69) is 24.3 Å². The lowest BCUT2D eigenvalue weighted by molar-refractivity contribution is -0.123. The van der Waals surface area contributed by atoms with Crippen molar-refractivity contribution in [1.82, 2.24) is 10.2 Å². The van der Waals surface area contributed by atoms with Crippen LogP contribution in [0, 0.1) is 5.92 Å². The summed E-state index contributed by atoms with van der Waals surface area (Å²) >= 11 is 0. The highest BCUT2D eigenvalue weighted by molar-refractivity contribution is 5.76. The smallest absolute Gasteiger partial charge is 0.222 e. The van der Waals surface area contributed by atoms with Crippen molar-refractivity contribution in [2.45, 2.75) is 50.7 Å². The highest BCUT2D eigenvalue weighted by Gasteiger charge is 2.25. The molecule has 1 fully saturated rings. The lowest BCUT2D eigenvalue weighted by Gasteiger charge is -2.35. The van der Waals surface area contributed by atoms with Crippen LogP contribution in [0.2, 0.25) is 0 Å². The van der Waals surface area contributed by atoms with Crippen LogP contribution in [-0.4, -0.2) is 57.2 Å². The third-order valence-electron chi connectivity index (χ3n) is 4.37. The molecular formula is C15H31N3O2. The van der Waals surface area contributed by atoms with E-state index < -0.39 is 0 Å². The minimum atomic E-state index is -0.178. The van der Waals surface area contributed by atoms with E-state index in [4.69, 9.17) is 10.5 Å². The molecular weight excluding hydrogens is 254 g/mol. The maximum absolute atomic E-state index is 11.9. The van der Waals surface area contributed by atoms with Gasteiger partial charge in [-0.2, -0.15) is 0 Å². The number of hydrogen-bond donors (Lipinski definition) is 2. The third-order valence-corrected chi connectivity index (χ3v) is 4.37. The maximum Gasteiger partial charge on any atom is 0.222 e. The number of likely N-dealkylation sites (N-methyl/N-ethyl adjacent to an activating group) is 1. The number of amides is 1. The van der Waals surface area contributed by atoms with Crippen molar-refractivity contribution in [1.29, 1.82) is 0 Å². The average molecular weight is 285 g/mol. The predicted molar refractivity (Wildman–Crippen MR) is 81.5 cm³/mol. The molecule has 1 aliphatic carbocycles. The van der Waals surface area contributed by atoms with Gasteiger partial charge in [0.15, 0.2) is 0 Å². The molecule has 118 valence electrons. The summed E-state index contributed by atoms with van der Waals surface area (Å²) in [7, 11) is 5.79. The number of hydrogen-bond acceptors (Lipinski definition) is 4. The van der Waals surface area contributed by atoms with Gasteiger partial charge < -0.3 is 20.7 Å². The highest BCUT2D eigenvalue weighted by atomic mass is 16.5. The Hall–Kier alpha value is -0.650. The van der Waals surface area contributed by atoms with Crippen molar-refractivity contribution in [2.75, 3.05) is 34.3 Å². The number of nitrogens with two attached hydrogens (primary N) is 1. The second-order valence-corrected chi connectivity index (χ2v) is 6.03. The Kier molecular flexibility index (Phi) is 8.11. The van der Waals surface area contributed by atoms with Gasteiger partial charge in [-0.05, 0) is 32.9 Å². The molecule has 0 radical (unpaired) electrons. The van der Waals surface area contributed by atoms with E-state index in [1.807, 2.05) is 0 Å². The SMILES string of the molecule is COC(CN)CC(=O)NCC(C1CCCCC1)N(C)C. The molecule has 5 nitrogen and oxygen atoms in total. The second-order valence-electron chi connectivity index (χ2n) is 6.03. The molecule has 0 aromatic rings. The van der Waals surface area contributed by atoms with Crippen LogP contribution < -0.4 is 11.1 Å². The summed E-state index contributed by atoms with van der Waals surface area (Å²) in [6, 6.07) is 0.429. The van der Waals surface area contributed by atoms with E-state index in [0.717, 1.165) is 6.54 Å². The summed E-state index contributed by atoms with van der Waals surface area (Å²) in [4.78, 5) is 14.2. The second kappa shape index (κ2) is 9.32. The van der Waals surface area contributed by atoms with E-state index >= 15 is 0 Å². The first-order valence-electron chi connectivity index (χ1n) is 7.74. The fourth-order valence-electron chi connectivity index (χ4n) is 3.05. The first-order valence-corrected chi connectivity index (χ1v) is 7.74. The molecule has 5 heteroatoms. The van der Waals surface area contributed by atoms with Gasteiger partial charge in [-0.25, -0.2) is 0 Å². The molecule has 1 aliphatic rings. The molecule has 1 amide bonds. The van der Waals surface area contributed by atoms with E-state index in [1.54, 1.807) is 7.11 Å². The lowest BCUT2D eigenvalue weighted by Crippen LogP contribution is -2.46. The summed E-state index contributed by atoms with van der Waals surface area (Å²) in [6.07, 6.45) is 6.73. The van der Waals surface area contributed by atoms with Crippen molar-refractivity contribution >= 4 is 5.91 Å². The van der Waals surface area contributed by atoms with E-state index in [-0.39, 0.29) is 12.0 Å². The normalized spacial score (nSPS) is 19.9. The Morgan fingerprint density at radius 3 is 2.50 bits per heavy atom. The molecule has 1 rings (SSSR count). The molecule has 2 unspecified atom stereocenters. The van der Waals surface area contributed by atoms with Crippen molar-refractivity contribution < 1.29 is 9.53 Å². The number of rotatable bonds is 8. The molecule has 20 heavy (non-hydrogen) atoms. The van der Waals surface area contributed by atoms with E-state index in [9.17, 15) is 4.79 Å². The Morgan fingerprint density at radius 2 is 2.00 bits per heavy atom. The van der Waals surface area contributed by atoms with Gasteiger partial charge in [0.05, 0.1) is 12.5 Å². The number of nitrogens with one attached hydrogen (secondary N) is 1. The van der Waals surface area contributed by atoms with Gasteiger partial charge in [-0.1, -0.05) is 19.3 Å². The predicted octanol–water partition coefficient (Wildman–Crippen LogP) is 0.977. The van der Waals surface area contributed by atoms with Crippen LogP contribution in [0.3, 0.4) is 0 Å². The average Bonchev–Trinajstić information content (AvgIpc) is 2.45. The van der Waals surface area contributed by atoms with E-state index in [0.29, 0.717) is 24.9 Å². The van der Waals surface area contributed by atoms with Crippen molar-refractivity contribution in [2.24, 2.45) is 11.7 Å². The first-order chi connectivity index (χ1) is 9.58. The Balaban J connectivity index is 2.40. The number of methoxy groups -OCH3 is 1. The number of nitrogens with zero attached hydrogens (tertiary/aromatic N) is 1. The minimum absolute atomic E-state index is 0.0324. The zero-order valence-electron chi connectivity index (χ0n) is 13.2. The minimum Gasteiger partial charge on any atom is -0.380 e. The van der Waals surface area contributed by atoms with Gasteiger partial charge in [0, 0.05) is 26.2 Å². The topological polar surface area (TPSA) is 67.6 Å². The standard InChI is InChI=1S/C15H31N3O2/c1-18(2)14(12-7-5-4-6-8-12)11-17-15(19)9-13(10-16)20-3/h12-14H,4-11,16H2,1-3H3,(H,17,19). The summed E-state index contributed by atoms with van der Waals surface area (Å²) in [5, 5.41) is 3.04. The molecule has 0 saturated heterocycles. The summed E-state index contributed by atoms with van der Waals surface area (Å²) < 4.78 is 5.14. The van der Waals surface area contributed by atoms with Gasteiger partial charge in [0.1, 0.15) is 0 Å². The monoisotopic (exact) mass is 285 g/mol. The lowest BCUT2D eigenvalue weighted by atomic mass is 9.83. The molecule has 1 saturated carbocycles. The molecule has 0 aromatic heterocycles. The summed E-state index contributed by atoms with van der Waals surface area (Å²) in [6.45, 7) is 1.10. The van der Waals surface area contributed by atoms with Gasteiger partial charge >= 0.3 is 0 Å². The van der Waals surface area contributed by atoms with Crippen LogP contribution in [0.5, 0.6) is 0 Å². The van der Waals surface area contributed by atoms with Crippen molar-refractivity contribution in [3.05, 3.63) is 0 Å². The molecule has 0 heterocycles. The Bertz CT molecular complexity index is 274. The Labute approximate surface area is 123 Å². The number of carbonyl (C=O) groups excluding carboxylic acids is 1. The van der Waals surface area contributed by atoms with Gasteiger partial charge in [0.2, 0.25) is 5.91 Å². The summed E-state index contributed by atoms with van der Waals surface area (Å²) in [5.74, 6) is 0.733. The van der Waals surface area contributed by atoms with Gasteiger partial charge in [-0.15, -0.1) is 0 Å². The van der Waals surface area contributed by atoms with Crippen molar-refractivity contribution in [3.63, 3.8) is 0 Å². The molecule has 0 aliphatic heterocycles. The fourth-order valence-corrected chi connectivity index (χ4v) is 3.05. The molecule has 2 atom stereocenters. The molecule has 0 spiro atoms. The van der Waals surface area contributed by atoms with Gasteiger partial charge in [-0.3, -0.25) is 4.79 Å². The van der Waals surface area contributed by atoms with E-state index in [1.165, 1.54) is 32.1 Å². The molecule has 0 bridgehead atoms. The van der Waals surface area contributed by atoms with Crippen LogP contribution in [-0.2, 0) is 9.53 Å². The highest BCUT2D eigenvalue weighted by Crippen LogP contribution is 2.28.